The Bertz CT molecular complexity index is 995. The molecule has 2 heterocycles. The standard InChI is InChI=1S/C29H43S2.ClHO4/c1-26(2,3)20-16-22(30-24(18-20)28(7,8)9)14-13-15-23-17-21(27(4,5)6)19-25(31-23)29(10,11)12;2-1(3,4)5/h13-19H,1-12H3;(H,2,3,4,5)/q+1;/p-1. The minimum atomic E-state index is -4.94. The maximum absolute atomic E-state index is 8.49. The Labute approximate surface area is 229 Å². The van der Waals surface area contributed by atoms with Crippen LogP contribution in [-0.4, -0.2) is 0 Å². The second kappa shape index (κ2) is 11.8. The van der Waals surface area contributed by atoms with Gasteiger partial charge >= 0.3 is 0 Å². The lowest BCUT2D eigenvalue weighted by molar-refractivity contribution is -2.00. The molecule has 0 fully saturated rings. The Hall–Kier alpha value is -0.990. The lowest BCUT2D eigenvalue weighted by Crippen LogP contribution is -2.68. The van der Waals surface area contributed by atoms with E-state index in [2.05, 4.69) is 126 Å². The molecule has 7 heteroatoms. The van der Waals surface area contributed by atoms with Crippen molar-refractivity contribution in [1.29, 1.82) is 0 Å². The van der Waals surface area contributed by atoms with Crippen LogP contribution in [0, 0.1) is 21.1 Å². The summed E-state index contributed by atoms with van der Waals surface area (Å²) >= 11 is 3.81. The van der Waals surface area contributed by atoms with Crippen LogP contribution in [0.2, 0.25) is 0 Å². The summed E-state index contributed by atoms with van der Waals surface area (Å²) < 4.78 is 34.0. The lowest BCUT2D eigenvalue weighted by atomic mass is 9.83. The molecule has 202 valence electrons. The van der Waals surface area contributed by atoms with Gasteiger partial charge in [-0.15, -0.1) is 10.2 Å². The van der Waals surface area contributed by atoms with Crippen molar-refractivity contribution in [3.8, 4) is 0 Å². The number of rotatable bonds is 2. The first-order valence-electron chi connectivity index (χ1n) is 12.0. The molecule has 1 aliphatic heterocycles. The SMILES string of the molecule is CC(C)(C)C1=C/C(=C\C=C\c2cc(C(C)(C)C)cc(C(C)(C)C)[s+]2)SC(C(C)(C)C)=C1.[O-][Cl+3]([O-])([O-])[O-]. The minimum Gasteiger partial charge on any atom is -0.222 e. The van der Waals surface area contributed by atoms with Crippen molar-refractivity contribution in [2.45, 2.75) is 93.9 Å². The number of hydrogen-bond acceptors (Lipinski definition) is 5. The van der Waals surface area contributed by atoms with E-state index in [1.165, 1.54) is 30.7 Å². The molecule has 0 aromatic carbocycles. The Morgan fingerprint density at radius 1 is 0.722 bits per heavy atom. The van der Waals surface area contributed by atoms with Crippen molar-refractivity contribution in [1.82, 2.24) is 0 Å². The van der Waals surface area contributed by atoms with E-state index in [1.54, 1.807) is 0 Å². The molecule has 1 aliphatic rings. The molecular formula is C29H43ClO4S2. The molecule has 4 nitrogen and oxygen atoms in total. The number of hydrogen-bond donors (Lipinski definition) is 0. The average Bonchev–Trinajstić information content (AvgIpc) is 2.63. The molecular weight excluding hydrogens is 512 g/mol. The van der Waals surface area contributed by atoms with Gasteiger partial charge in [-0.25, -0.2) is 18.6 Å². The molecule has 0 saturated heterocycles. The highest BCUT2D eigenvalue weighted by Gasteiger charge is 2.29. The summed E-state index contributed by atoms with van der Waals surface area (Å²) in [5, 5.41) is 0. The molecule has 0 unspecified atom stereocenters. The lowest BCUT2D eigenvalue weighted by Gasteiger charge is -2.30. The van der Waals surface area contributed by atoms with Crippen molar-refractivity contribution in [3.63, 3.8) is 0 Å². The molecule has 0 spiro atoms. The van der Waals surface area contributed by atoms with Gasteiger partial charge in [0.2, 0.25) is 21.1 Å². The average molecular weight is 555 g/mol. The first kappa shape index (κ1) is 33.0. The zero-order valence-corrected chi connectivity index (χ0v) is 26.3. The van der Waals surface area contributed by atoms with E-state index in [0.717, 1.165) is 0 Å². The van der Waals surface area contributed by atoms with Crippen LogP contribution in [0.4, 0.5) is 0 Å². The highest BCUT2D eigenvalue weighted by Crippen LogP contribution is 2.46. The third kappa shape index (κ3) is 12.0. The summed E-state index contributed by atoms with van der Waals surface area (Å²) in [5.41, 5.74) is 3.41. The van der Waals surface area contributed by atoms with Crippen LogP contribution in [0.25, 0.3) is 6.08 Å². The van der Waals surface area contributed by atoms with Gasteiger partial charge in [0.05, 0.1) is 0 Å². The van der Waals surface area contributed by atoms with Crippen molar-refractivity contribution in [2.75, 3.05) is 0 Å². The Morgan fingerprint density at radius 3 is 1.67 bits per heavy atom. The van der Waals surface area contributed by atoms with E-state index in [0.29, 0.717) is 0 Å². The molecule has 0 saturated carbocycles. The van der Waals surface area contributed by atoms with Crippen LogP contribution in [0.5, 0.6) is 0 Å². The summed E-state index contributed by atoms with van der Waals surface area (Å²) in [6.45, 7) is 27.6. The third-order valence-electron chi connectivity index (χ3n) is 5.36. The molecule has 0 bridgehead atoms. The fraction of sp³-hybridized carbons (Fsp3) is 0.552. The molecule has 1 aromatic heterocycles. The van der Waals surface area contributed by atoms with Gasteiger partial charge in [0.1, 0.15) is 0 Å². The Morgan fingerprint density at radius 2 is 1.25 bits per heavy atom. The summed E-state index contributed by atoms with van der Waals surface area (Å²) in [5.74, 6) is 0. The topological polar surface area (TPSA) is 92.2 Å². The van der Waals surface area contributed by atoms with Gasteiger partial charge in [0.15, 0.2) is 0 Å². The maximum atomic E-state index is 8.49. The fourth-order valence-electron chi connectivity index (χ4n) is 3.05. The van der Waals surface area contributed by atoms with Crippen LogP contribution in [-0.2, 0) is 10.8 Å². The van der Waals surface area contributed by atoms with Crippen molar-refractivity contribution in [2.24, 2.45) is 10.8 Å². The number of thioether (sulfide) groups is 1. The second-order valence-corrected chi connectivity index (χ2v) is 16.1. The quantitative estimate of drug-likeness (QED) is 0.455. The predicted octanol–water partition coefficient (Wildman–Crippen LogP) is 5.41. The largest absolute Gasteiger partial charge is 0.231 e. The molecule has 0 amide bonds. The van der Waals surface area contributed by atoms with E-state index in [9.17, 15) is 0 Å². The van der Waals surface area contributed by atoms with Gasteiger partial charge < -0.3 is 0 Å². The summed E-state index contributed by atoms with van der Waals surface area (Å²) in [6.07, 6.45) is 11.6. The zero-order valence-electron chi connectivity index (χ0n) is 23.9. The predicted molar refractivity (Wildman–Crippen MR) is 146 cm³/mol. The van der Waals surface area contributed by atoms with E-state index in [-0.39, 0.29) is 21.7 Å². The van der Waals surface area contributed by atoms with Gasteiger partial charge in [-0.3, -0.25) is 0 Å². The highest BCUT2D eigenvalue weighted by molar-refractivity contribution is 8.07. The zero-order chi connectivity index (χ0) is 28.3. The maximum Gasteiger partial charge on any atom is 0.231 e. The first-order valence-corrected chi connectivity index (χ1v) is 14.9. The Balaban J connectivity index is 0.00000118. The van der Waals surface area contributed by atoms with Crippen LogP contribution in [0.1, 0.15) is 98.4 Å². The van der Waals surface area contributed by atoms with Gasteiger partial charge in [-0.05, 0) is 50.5 Å². The van der Waals surface area contributed by atoms with Gasteiger partial charge in [0.25, 0.3) is 0 Å². The fourth-order valence-corrected chi connectivity index (χ4v) is 5.21. The van der Waals surface area contributed by atoms with E-state index in [1.807, 2.05) is 23.1 Å². The second-order valence-electron chi connectivity index (χ2n) is 13.1. The van der Waals surface area contributed by atoms with Crippen LogP contribution in [0.3, 0.4) is 0 Å². The van der Waals surface area contributed by atoms with Crippen molar-refractivity contribution < 1.29 is 28.9 Å². The van der Waals surface area contributed by atoms with Gasteiger partial charge in [-0.1, -0.05) is 101 Å². The molecule has 0 aliphatic carbocycles. The third-order valence-corrected chi connectivity index (χ3v) is 8.24. The highest BCUT2D eigenvalue weighted by atomic mass is 35.7. The van der Waals surface area contributed by atoms with Crippen molar-refractivity contribution in [3.05, 3.63) is 67.1 Å². The molecule has 2 rings (SSSR count). The van der Waals surface area contributed by atoms with E-state index >= 15 is 0 Å². The van der Waals surface area contributed by atoms with Crippen LogP contribution >= 0.6 is 23.1 Å². The van der Waals surface area contributed by atoms with Crippen LogP contribution in [0.15, 0.2) is 51.8 Å². The van der Waals surface area contributed by atoms with E-state index in [4.69, 9.17) is 18.6 Å². The van der Waals surface area contributed by atoms with Crippen molar-refractivity contribution >= 4 is 29.2 Å². The van der Waals surface area contributed by atoms with E-state index < -0.39 is 10.2 Å². The molecule has 0 N–H and O–H groups in total. The van der Waals surface area contributed by atoms with Crippen LogP contribution < -0.4 is 18.6 Å². The van der Waals surface area contributed by atoms with Gasteiger partial charge in [0, 0.05) is 28.5 Å². The monoisotopic (exact) mass is 554 g/mol. The molecule has 36 heavy (non-hydrogen) atoms. The van der Waals surface area contributed by atoms with Gasteiger partial charge in [-0.2, -0.15) is 0 Å². The normalized spacial score (nSPS) is 17.1. The molecule has 1 aromatic rings. The molecule has 0 radical (unpaired) electrons. The summed E-state index contributed by atoms with van der Waals surface area (Å²) in [7, 11) is -4.94. The molecule has 0 atom stereocenters. The smallest absolute Gasteiger partial charge is 0.222 e. The summed E-state index contributed by atoms with van der Waals surface area (Å²) in [4.78, 5) is 5.52. The first-order chi connectivity index (χ1) is 15.9. The number of allylic oxidation sites excluding steroid dienone is 6. The minimum absolute atomic E-state index is 0.144. The summed E-state index contributed by atoms with van der Waals surface area (Å²) in [6, 6.07) is 4.76. The number of halogens is 1. The Kier molecular flexibility index (Phi) is 10.8.